The summed E-state index contributed by atoms with van der Waals surface area (Å²) in [6, 6.07) is 7.82. The number of rotatable bonds is 4. The SMILES string of the molecule is COc1ccc2c(Cl)c(C(=O)NN=Cc3ccc(O)c(O)c3O)sc2c1. The lowest BCUT2D eigenvalue weighted by atomic mass is 10.2. The standard InChI is InChI=1S/C17H13ClN2O5S/c1-25-9-3-4-10-12(6-9)26-16(13(10)18)17(24)20-19-7-8-2-5-11(21)15(23)14(8)22/h2-7,21-23H,1H3,(H,20,24). The van der Waals surface area contributed by atoms with Gasteiger partial charge in [0.2, 0.25) is 5.75 Å². The first-order valence-electron chi connectivity index (χ1n) is 7.25. The minimum Gasteiger partial charge on any atom is -0.504 e. The number of phenolic OH excluding ortho intramolecular Hbond substituents is 3. The number of methoxy groups -OCH3 is 1. The van der Waals surface area contributed by atoms with E-state index in [1.165, 1.54) is 23.5 Å². The van der Waals surface area contributed by atoms with Crippen LogP contribution in [0.4, 0.5) is 0 Å². The lowest BCUT2D eigenvalue weighted by Crippen LogP contribution is -2.16. The highest BCUT2D eigenvalue weighted by Gasteiger charge is 2.17. The quantitative estimate of drug-likeness (QED) is 0.309. The fraction of sp³-hybridized carbons (Fsp3) is 0.0588. The van der Waals surface area contributed by atoms with Crippen molar-refractivity contribution in [3.8, 4) is 23.0 Å². The molecule has 1 heterocycles. The Morgan fingerprint density at radius 3 is 2.73 bits per heavy atom. The average Bonchev–Trinajstić information content (AvgIpc) is 2.97. The van der Waals surface area contributed by atoms with Crippen LogP contribution >= 0.6 is 22.9 Å². The number of benzene rings is 2. The first-order valence-corrected chi connectivity index (χ1v) is 8.45. The topological polar surface area (TPSA) is 111 Å². The van der Waals surface area contributed by atoms with E-state index in [1.54, 1.807) is 25.3 Å². The predicted octanol–water partition coefficient (Wildman–Crippen LogP) is 3.44. The molecule has 2 aromatic carbocycles. The molecule has 0 unspecified atom stereocenters. The van der Waals surface area contributed by atoms with Crippen molar-refractivity contribution in [2.45, 2.75) is 0 Å². The molecule has 3 aromatic rings. The van der Waals surface area contributed by atoms with Crippen LogP contribution in [-0.2, 0) is 0 Å². The lowest BCUT2D eigenvalue weighted by Gasteiger charge is -2.03. The van der Waals surface area contributed by atoms with E-state index in [0.29, 0.717) is 10.8 Å². The Labute approximate surface area is 156 Å². The summed E-state index contributed by atoms with van der Waals surface area (Å²) in [5.41, 5.74) is 2.43. The van der Waals surface area contributed by atoms with E-state index in [9.17, 15) is 20.1 Å². The minimum absolute atomic E-state index is 0.118. The highest BCUT2D eigenvalue weighted by molar-refractivity contribution is 7.21. The summed E-state index contributed by atoms with van der Waals surface area (Å²) in [5.74, 6) is -1.54. The molecule has 7 nitrogen and oxygen atoms in total. The van der Waals surface area contributed by atoms with Gasteiger partial charge in [-0.25, -0.2) is 5.43 Å². The zero-order chi connectivity index (χ0) is 18.8. The molecule has 0 saturated carbocycles. The third-order valence-electron chi connectivity index (χ3n) is 3.57. The Balaban J connectivity index is 1.81. The Bertz CT molecular complexity index is 1030. The van der Waals surface area contributed by atoms with Gasteiger partial charge in [0.1, 0.15) is 10.6 Å². The van der Waals surface area contributed by atoms with Crippen LogP contribution in [0.25, 0.3) is 10.1 Å². The molecule has 0 aliphatic carbocycles. The molecule has 0 aliphatic heterocycles. The molecular formula is C17H13ClN2O5S. The molecule has 134 valence electrons. The van der Waals surface area contributed by atoms with Gasteiger partial charge in [-0.15, -0.1) is 11.3 Å². The number of phenols is 3. The average molecular weight is 393 g/mol. The van der Waals surface area contributed by atoms with E-state index >= 15 is 0 Å². The van der Waals surface area contributed by atoms with Gasteiger partial charge in [-0.1, -0.05) is 11.6 Å². The molecule has 4 N–H and O–H groups in total. The van der Waals surface area contributed by atoms with E-state index in [0.717, 1.165) is 16.3 Å². The molecule has 1 amide bonds. The van der Waals surface area contributed by atoms with Crippen LogP contribution < -0.4 is 10.2 Å². The number of nitrogens with zero attached hydrogens (tertiary/aromatic N) is 1. The smallest absolute Gasteiger partial charge is 0.283 e. The van der Waals surface area contributed by atoms with Crippen molar-refractivity contribution in [1.82, 2.24) is 5.43 Å². The van der Waals surface area contributed by atoms with E-state index in [4.69, 9.17) is 16.3 Å². The zero-order valence-corrected chi connectivity index (χ0v) is 14.9. The van der Waals surface area contributed by atoms with Crippen LogP contribution in [0.3, 0.4) is 0 Å². The number of ether oxygens (including phenoxy) is 1. The number of hydrazone groups is 1. The Morgan fingerprint density at radius 1 is 1.23 bits per heavy atom. The fourth-order valence-electron chi connectivity index (χ4n) is 2.22. The molecule has 1 aromatic heterocycles. The van der Waals surface area contributed by atoms with Gasteiger partial charge in [0.05, 0.1) is 18.3 Å². The van der Waals surface area contributed by atoms with Crippen molar-refractivity contribution in [2.75, 3.05) is 7.11 Å². The molecule has 0 aliphatic rings. The normalized spacial score (nSPS) is 11.2. The van der Waals surface area contributed by atoms with Crippen molar-refractivity contribution in [3.05, 3.63) is 45.8 Å². The monoisotopic (exact) mass is 392 g/mol. The van der Waals surface area contributed by atoms with Crippen LogP contribution in [0, 0.1) is 0 Å². The molecule has 0 spiro atoms. The number of carbonyl (C=O) groups excluding carboxylic acids is 1. The number of aromatic hydroxyl groups is 3. The summed E-state index contributed by atoms with van der Waals surface area (Å²) in [6.07, 6.45) is 1.14. The molecule has 26 heavy (non-hydrogen) atoms. The first-order chi connectivity index (χ1) is 12.4. The summed E-state index contributed by atoms with van der Waals surface area (Å²) in [4.78, 5) is 12.6. The van der Waals surface area contributed by atoms with Crippen LogP contribution in [0.1, 0.15) is 15.2 Å². The first kappa shape index (κ1) is 17.8. The minimum atomic E-state index is -0.665. The molecule has 0 saturated heterocycles. The van der Waals surface area contributed by atoms with E-state index in [-0.39, 0.29) is 10.4 Å². The van der Waals surface area contributed by atoms with Gasteiger partial charge in [0, 0.05) is 15.6 Å². The third kappa shape index (κ3) is 3.24. The van der Waals surface area contributed by atoms with Crippen LogP contribution in [0.15, 0.2) is 35.4 Å². The second kappa shape index (κ2) is 7.11. The van der Waals surface area contributed by atoms with Crippen molar-refractivity contribution >= 4 is 45.1 Å². The van der Waals surface area contributed by atoms with Gasteiger partial charge < -0.3 is 20.1 Å². The molecular weight excluding hydrogens is 380 g/mol. The van der Waals surface area contributed by atoms with Crippen LogP contribution in [0.5, 0.6) is 23.0 Å². The number of hydrogen-bond donors (Lipinski definition) is 4. The Morgan fingerprint density at radius 2 is 2.00 bits per heavy atom. The van der Waals surface area contributed by atoms with Gasteiger partial charge in [-0.05, 0) is 30.3 Å². The number of hydrogen-bond acceptors (Lipinski definition) is 7. The van der Waals surface area contributed by atoms with Crippen molar-refractivity contribution in [3.63, 3.8) is 0 Å². The van der Waals surface area contributed by atoms with Gasteiger partial charge in [-0.3, -0.25) is 4.79 Å². The lowest BCUT2D eigenvalue weighted by molar-refractivity contribution is 0.0959. The number of nitrogens with one attached hydrogen (secondary N) is 1. The highest BCUT2D eigenvalue weighted by atomic mass is 35.5. The molecule has 9 heteroatoms. The van der Waals surface area contributed by atoms with Gasteiger partial charge in [-0.2, -0.15) is 5.10 Å². The number of halogens is 1. The summed E-state index contributed by atoms with van der Waals surface area (Å²) in [6.45, 7) is 0. The van der Waals surface area contributed by atoms with Gasteiger partial charge >= 0.3 is 0 Å². The fourth-order valence-corrected chi connectivity index (χ4v) is 3.65. The summed E-state index contributed by atoms with van der Waals surface area (Å²) < 4.78 is 5.95. The van der Waals surface area contributed by atoms with Gasteiger partial charge in [0.25, 0.3) is 5.91 Å². The number of fused-ring (bicyclic) bond motifs is 1. The Kier molecular flexibility index (Phi) is 4.88. The van der Waals surface area contributed by atoms with Crippen molar-refractivity contribution in [2.24, 2.45) is 5.10 Å². The Hall–Kier alpha value is -2.97. The van der Waals surface area contributed by atoms with Gasteiger partial charge in [0.15, 0.2) is 11.5 Å². The van der Waals surface area contributed by atoms with Crippen LogP contribution in [-0.4, -0.2) is 34.6 Å². The summed E-state index contributed by atoms with van der Waals surface area (Å²) in [5, 5.41) is 33.2. The zero-order valence-electron chi connectivity index (χ0n) is 13.4. The summed E-state index contributed by atoms with van der Waals surface area (Å²) >= 11 is 7.46. The number of carbonyl (C=O) groups is 1. The molecule has 0 bridgehead atoms. The maximum atomic E-state index is 12.3. The second-order valence-corrected chi connectivity index (χ2v) is 6.61. The van der Waals surface area contributed by atoms with E-state index in [2.05, 4.69) is 10.5 Å². The van der Waals surface area contributed by atoms with Crippen molar-refractivity contribution in [1.29, 1.82) is 0 Å². The largest absolute Gasteiger partial charge is 0.504 e. The molecule has 0 radical (unpaired) electrons. The number of amides is 1. The molecule has 0 atom stereocenters. The van der Waals surface area contributed by atoms with E-state index < -0.39 is 23.2 Å². The maximum absolute atomic E-state index is 12.3. The summed E-state index contributed by atoms with van der Waals surface area (Å²) in [7, 11) is 1.55. The van der Waals surface area contributed by atoms with Crippen LogP contribution in [0.2, 0.25) is 5.02 Å². The predicted molar refractivity (Wildman–Crippen MR) is 99.9 cm³/mol. The number of thiophene rings is 1. The third-order valence-corrected chi connectivity index (χ3v) is 5.23. The molecule has 0 fully saturated rings. The van der Waals surface area contributed by atoms with Crippen molar-refractivity contribution < 1.29 is 24.9 Å². The second-order valence-electron chi connectivity index (χ2n) is 5.18. The molecule has 3 rings (SSSR count). The maximum Gasteiger partial charge on any atom is 0.283 e. The highest BCUT2D eigenvalue weighted by Crippen LogP contribution is 2.37. The van der Waals surface area contributed by atoms with E-state index in [1.807, 2.05) is 0 Å².